The number of ether oxygens (including phenoxy) is 2. The molecule has 0 fully saturated rings. The summed E-state index contributed by atoms with van der Waals surface area (Å²) in [4.78, 5) is 10.3. The number of hydrogen-bond donors (Lipinski definition) is 2. The molecule has 1 rings (SSSR count). The Kier molecular flexibility index (Phi) is 6.00. The normalized spacial score (nSPS) is 10.4. The van der Waals surface area contributed by atoms with Gasteiger partial charge in [0.25, 0.3) is 0 Å². The maximum atomic E-state index is 10.3. The van der Waals surface area contributed by atoms with Gasteiger partial charge >= 0.3 is 6.09 Å². The molecule has 5 heteroatoms. The van der Waals surface area contributed by atoms with Crippen LogP contribution in [0.25, 0.3) is 0 Å². The van der Waals surface area contributed by atoms with Crippen molar-refractivity contribution in [2.45, 2.75) is 26.5 Å². The van der Waals surface area contributed by atoms with E-state index in [1.165, 1.54) is 0 Å². The molecule has 0 aliphatic carbocycles. The molecule has 1 aromatic rings. The largest absolute Gasteiger partial charge is 0.491 e. The summed E-state index contributed by atoms with van der Waals surface area (Å²) < 4.78 is 10.2. The monoisotopic (exact) mass is 252 g/mol. The predicted octanol–water partition coefficient (Wildman–Crippen LogP) is 1.66. The fourth-order valence-corrected chi connectivity index (χ4v) is 1.46. The molecular formula is C13H20N2O3. The van der Waals surface area contributed by atoms with E-state index in [0.717, 1.165) is 11.3 Å². The highest BCUT2D eigenvalue weighted by molar-refractivity contribution is 5.64. The van der Waals surface area contributed by atoms with Crippen molar-refractivity contribution in [1.29, 1.82) is 0 Å². The maximum Gasteiger partial charge on any atom is 0.404 e. The first-order chi connectivity index (χ1) is 8.58. The molecule has 0 bridgehead atoms. The summed E-state index contributed by atoms with van der Waals surface area (Å²) in [5.74, 6) is 0.859. The molecule has 0 radical (unpaired) electrons. The van der Waals surface area contributed by atoms with Crippen LogP contribution in [0.2, 0.25) is 0 Å². The van der Waals surface area contributed by atoms with Crippen molar-refractivity contribution in [2.24, 2.45) is 5.73 Å². The van der Waals surface area contributed by atoms with Crippen molar-refractivity contribution in [3.05, 3.63) is 29.8 Å². The molecular weight excluding hydrogens is 232 g/mol. The summed E-state index contributed by atoms with van der Waals surface area (Å²) in [6, 6.07) is 7.88. The van der Waals surface area contributed by atoms with Crippen LogP contribution in [0.3, 0.4) is 0 Å². The summed E-state index contributed by atoms with van der Waals surface area (Å²) >= 11 is 0. The van der Waals surface area contributed by atoms with E-state index in [-0.39, 0.29) is 12.7 Å². The minimum absolute atomic E-state index is 0.164. The number of benzene rings is 1. The SMILES string of the molecule is CC(C)Oc1cccc(CNCCOC(N)=O)c1. The fraction of sp³-hybridized carbons (Fsp3) is 0.462. The second-order valence-electron chi connectivity index (χ2n) is 4.16. The summed E-state index contributed by atoms with van der Waals surface area (Å²) in [7, 11) is 0. The quantitative estimate of drug-likeness (QED) is 0.724. The van der Waals surface area contributed by atoms with Crippen molar-refractivity contribution in [2.75, 3.05) is 13.2 Å². The molecule has 0 aromatic heterocycles. The van der Waals surface area contributed by atoms with Gasteiger partial charge in [-0.15, -0.1) is 0 Å². The molecule has 0 heterocycles. The zero-order valence-electron chi connectivity index (χ0n) is 10.8. The van der Waals surface area contributed by atoms with Gasteiger partial charge in [0, 0.05) is 13.1 Å². The van der Waals surface area contributed by atoms with Crippen LogP contribution >= 0.6 is 0 Å². The van der Waals surface area contributed by atoms with Crippen molar-refractivity contribution in [1.82, 2.24) is 5.32 Å². The highest BCUT2D eigenvalue weighted by Gasteiger charge is 1.99. The number of nitrogens with one attached hydrogen (secondary N) is 1. The van der Waals surface area contributed by atoms with Crippen LogP contribution in [0.5, 0.6) is 5.75 Å². The van der Waals surface area contributed by atoms with Crippen LogP contribution in [0.4, 0.5) is 4.79 Å². The molecule has 0 saturated heterocycles. The van der Waals surface area contributed by atoms with Crippen molar-refractivity contribution in [3.63, 3.8) is 0 Å². The molecule has 5 nitrogen and oxygen atoms in total. The lowest BCUT2D eigenvalue weighted by molar-refractivity contribution is 0.157. The number of rotatable bonds is 7. The van der Waals surface area contributed by atoms with Gasteiger partial charge in [-0.25, -0.2) is 4.79 Å². The average Bonchev–Trinajstić information content (AvgIpc) is 2.27. The van der Waals surface area contributed by atoms with Gasteiger partial charge < -0.3 is 20.5 Å². The van der Waals surface area contributed by atoms with E-state index in [1.54, 1.807) is 0 Å². The Hall–Kier alpha value is -1.75. The first-order valence-corrected chi connectivity index (χ1v) is 5.96. The lowest BCUT2D eigenvalue weighted by atomic mass is 10.2. The third-order valence-corrected chi connectivity index (χ3v) is 2.12. The first kappa shape index (κ1) is 14.3. The highest BCUT2D eigenvalue weighted by atomic mass is 16.5. The van der Waals surface area contributed by atoms with E-state index in [9.17, 15) is 4.79 Å². The maximum absolute atomic E-state index is 10.3. The molecule has 0 atom stereocenters. The van der Waals surface area contributed by atoms with Crippen molar-refractivity contribution >= 4 is 6.09 Å². The smallest absolute Gasteiger partial charge is 0.404 e. The van der Waals surface area contributed by atoms with Gasteiger partial charge in [0.05, 0.1) is 6.10 Å². The highest BCUT2D eigenvalue weighted by Crippen LogP contribution is 2.14. The lowest BCUT2D eigenvalue weighted by Gasteiger charge is -2.11. The molecule has 0 spiro atoms. The van der Waals surface area contributed by atoms with Gasteiger partial charge in [-0.3, -0.25) is 0 Å². The van der Waals surface area contributed by atoms with Crippen LogP contribution < -0.4 is 15.8 Å². The average molecular weight is 252 g/mol. The summed E-state index contributed by atoms with van der Waals surface area (Å²) in [6.07, 6.45) is -0.582. The van der Waals surface area contributed by atoms with E-state index in [1.807, 2.05) is 38.1 Å². The Balaban J connectivity index is 2.31. The van der Waals surface area contributed by atoms with Gasteiger partial charge in [0.1, 0.15) is 12.4 Å². The van der Waals surface area contributed by atoms with Crippen LogP contribution in [0, 0.1) is 0 Å². The second-order valence-corrected chi connectivity index (χ2v) is 4.16. The molecule has 1 aromatic carbocycles. The van der Waals surface area contributed by atoms with Gasteiger partial charge in [0.2, 0.25) is 0 Å². The third-order valence-electron chi connectivity index (χ3n) is 2.12. The van der Waals surface area contributed by atoms with E-state index in [4.69, 9.17) is 10.5 Å². The molecule has 0 saturated carbocycles. The zero-order valence-corrected chi connectivity index (χ0v) is 10.8. The Morgan fingerprint density at radius 1 is 1.44 bits per heavy atom. The van der Waals surface area contributed by atoms with E-state index in [0.29, 0.717) is 13.1 Å². The minimum atomic E-state index is -0.746. The zero-order chi connectivity index (χ0) is 13.4. The lowest BCUT2D eigenvalue weighted by Crippen LogP contribution is -2.23. The molecule has 0 unspecified atom stereocenters. The second kappa shape index (κ2) is 7.55. The number of hydrogen-bond acceptors (Lipinski definition) is 4. The first-order valence-electron chi connectivity index (χ1n) is 5.96. The molecule has 0 aliphatic heterocycles. The van der Waals surface area contributed by atoms with Gasteiger partial charge in [0.15, 0.2) is 0 Å². The molecule has 0 aliphatic rings. The van der Waals surface area contributed by atoms with Crippen LogP contribution in [0.15, 0.2) is 24.3 Å². The van der Waals surface area contributed by atoms with Crippen LogP contribution in [-0.4, -0.2) is 25.3 Å². The predicted molar refractivity (Wildman–Crippen MR) is 69.4 cm³/mol. The molecule has 100 valence electrons. The third kappa shape index (κ3) is 6.10. The summed E-state index contributed by atoms with van der Waals surface area (Å²) in [5, 5.41) is 3.15. The Morgan fingerprint density at radius 2 is 2.22 bits per heavy atom. The topological polar surface area (TPSA) is 73.6 Å². The van der Waals surface area contributed by atoms with Gasteiger partial charge in [-0.05, 0) is 31.5 Å². The van der Waals surface area contributed by atoms with Crippen LogP contribution in [-0.2, 0) is 11.3 Å². The Bertz CT molecular complexity index is 380. The number of carbonyl (C=O) groups is 1. The Labute approximate surface area is 107 Å². The summed E-state index contributed by atoms with van der Waals surface area (Å²) in [5.41, 5.74) is 5.96. The number of carbonyl (C=O) groups excluding carboxylic acids is 1. The summed E-state index contributed by atoms with van der Waals surface area (Å²) in [6.45, 7) is 5.52. The standard InChI is InChI=1S/C13H20N2O3/c1-10(2)18-12-5-3-4-11(8-12)9-15-6-7-17-13(14)16/h3-5,8,10,15H,6-7,9H2,1-2H3,(H2,14,16). The minimum Gasteiger partial charge on any atom is -0.491 e. The molecule has 1 amide bonds. The van der Waals surface area contributed by atoms with Crippen molar-refractivity contribution in [3.8, 4) is 5.75 Å². The van der Waals surface area contributed by atoms with Gasteiger partial charge in [-0.2, -0.15) is 0 Å². The molecule has 18 heavy (non-hydrogen) atoms. The fourth-order valence-electron chi connectivity index (χ4n) is 1.46. The van der Waals surface area contributed by atoms with E-state index in [2.05, 4.69) is 10.1 Å². The Morgan fingerprint density at radius 3 is 2.89 bits per heavy atom. The number of nitrogens with two attached hydrogens (primary N) is 1. The van der Waals surface area contributed by atoms with Crippen LogP contribution in [0.1, 0.15) is 19.4 Å². The van der Waals surface area contributed by atoms with Gasteiger partial charge in [-0.1, -0.05) is 12.1 Å². The number of primary amides is 1. The van der Waals surface area contributed by atoms with E-state index < -0.39 is 6.09 Å². The number of amides is 1. The molecule has 3 N–H and O–H groups in total. The van der Waals surface area contributed by atoms with Crippen molar-refractivity contribution < 1.29 is 14.3 Å². The van der Waals surface area contributed by atoms with E-state index >= 15 is 0 Å².